The molecule has 0 aliphatic carbocycles. The molecule has 1 amide bonds. The number of carboxylic acid groups (broad SMARTS) is 1. The number of thiazole rings is 1. The van der Waals surface area contributed by atoms with Gasteiger partial charge in [-0.3, -0.25) is 14.5 Å². The van der Waals surface area contributed by atoms with E-state index in [-0.39, 0.29) is 21.8 Å². The molecule has 0 fully saturated rings. The van der Waals surface area contributed by atoms with Crippen molar-refractivity contribution in [3.05, 3.63) is 52.3 Å². The fourth-order valence-electron chi connectivity index (χ4n) is 3.11. The first-order chi connectivity index (χ1) is 13.7. The third-order valence-electron chi connectivity index (χ3n) is 4.43. The van der Waals surface area contributed by atoms with Gasteiger partial charge < -0.3 is 9.84 Å². The largest absolute Gasteiger partial charge is 0.481 e. The highest BCUT2D eigenvalue weighted by Crippen LogP contribution is 2.37. The molecule has 2 aromatic carbocycles. The van der Waals surface area contributed by atoms with Crippen LogP contribution in [-0.4, -0.2) is 28.1 Å². The fraction of sp³-hybridized carbons (Fsp3) is 0.211. The first-order valence-electron chi connectivity index (χ1n) is 8.48. The Morgan fingerprint density at radius 1 is 1.28 bits per heavy atom. The van der Waals surface area contributed by atoms with Gasteiger partial charge in [-0.1, -0.05) is 6.07 Å². The molecule has 150 valence electrons. The summed E-state index contributed by atoms with van der Waals surface area (Å²) in [6.45, 7) is 1.68. The highest BCUT2D eigenvalue weighted by atomic mass is 32.1. The summed E-state index contributed by atoms with van der Waals surface area (Å²) < 4.78 is 46.4. The first-order valence-corrected chi connectivity index (χ1v) is 9.29. The maximum Gasteiger partial charge on any atom is 0.307 e. The molecule has 29 heavy (non-hydrogen) atoms. The van der Waals surface area contributed by atoms with Gasteiger partial charge in [-0.25, -0.2) is 18.2 Å². The lowest BCUT2D eigenvalue weighted by molar-refractivity contribution is -0.142. The van der Waals surface area contributed by atoms with Crippen LogP contribution >= 0.6 is 11.3 Å². The minimum absolute atomic E-state index is 0.0614. The number of aryl methyl sites for hydroxylation is 1. The van der Waals surface area contributed by atoms with Crippen molar-refractivity contribution in [1.29, 1.82) is 0 Å². The molecule has 4 rings (SSSR count). The zero-order valence-corrected chi connectivity index (χ0v) is 15.7. The van der Waals surface area contributed by atoms with Crippen LogP contribution in [0.15, 0.2) is 24.3 Å². The Kier molecular flexibility index (Phi) is 4.65. The molecule has 0 spiro atoms. The van der Waals surface area contributed by atoms with Gasteiger partial charge in [0.2, 0.25) is 0 Å². The van der Waals surface area contributed by atoms with Crippen LogP contribution in [0, 0.1) is 24.4 Å². The number of nitrogens with zero attached hydrogens (tertiary/aromatic N) is 2. The molecule has 1 N–H and O–H groups in total. The smallest absolute Gasteiger partial charge is 0.307 e. The van der Waals surface area contributed by atoms with Gasteiger partial charge in [0.1, 0.15) is 10.8 Å². The van der Waals surface area contributed by atoms with Crippen LogP contribution < -0.4 is 9.64 Å². The van der Waals surface area contributed by atoms with Crippen molar-refractivity contribution in [3.63, 3.8) is 0 Å². The van der Waals surface area contributed by atoms with Crippen LogP contribution in [0.25, 0.3) is 10.2 Å². The van der Waals surface area contributed by atoms with Crippen LogP contribution in [0.1, 0.15) is 17.0 Å². The highest BCUT2D eigenvalue weighted by molar-refractivity contribution is 7.18. The zero-order chi connectivity index (χ0) is 20.9. The van der Waals surface area contributed by atoms with Crippen LogP contribution in [0.3, 0.4) is 0 Å². The number of benzene rings is 2. The topological polar surface area (TPSA) is 79.7 Å². The van der Waals surface area contributed by atoms with Crippen molar-refractivity contribution >= 4 is 39.1 Å². The standard InChI is InChI=1S/C19H13F3N2O4S/c1-8-2-3-12-11(4-8)24(19(27)13(28-12)6-15(25)26)7-14-23-10-5-9(20)16(21)17(22)18(10)29-14/h2-5,13H,6-7H2,1H3,(H,25,26). The summed E-state index contributed by atoms with van der Waals surface area (Å²) in [6.07, 6.45) is -1.77. The summed E-state index contributed by atoms with van der Waals surface area (Å²) in [5.41, 5.74) is 1.18. The Labute approximate surface area is 166 Å². The van der Waals surface area contributed by atoms with Crippen LogP contribution in [0.2, 0.25) is 0 Å². The molecular formula is C19H13F3N2O4S. The molecule has 1 atom stereocenters. The second-order valence-electron chi connectivity index (χ2n) is 6.54. The minimum atomic E-state index is -1.59. The zero-order valence-electron chi connectivity index (χ0n) is 14.9. The van der Waals surface area contributed by atoms with Crippen molar-refractivity contribution in [3.8, 4) is 5.75 Å². The Morgan fingerprint density at radius 3 is 2.76 bits per heavy atom. The van der Waals surface area contributed by atoms with Gasteiger partial charge in [-0.15, -0.1) is 11.3 Å². The molecule has 1 aromatic heterocycles. The van der Waals surface area contributed by atoms with Crippen molar-refractivity contribution in [1.82, 2.24) is 4.98 Å². The van der Waals surface area contributed by atoms with E-state index in [1.54, 1.807) is 18.2 Å². The number of halogens is 3. The van der Waals surface area contributed by atoms with Crippen molar-refractivity contribution in [2.24, 2.45) is 0 Å². The van der Waals surface area contributed by atoms with Gasteiger partial charge in [0.05, 0.1) is 28.9 Å². The Morgan fingerprint density at radius 2 is 2.03 bits per heavy atom. The number of aliphatic carboxylic acids is 1. The molecule has 0 saturated carbocycles. The van der Waals surface area contributed by atoms with Gasteiger partial charge in [0.15, 0.2) is 23.6 Å². The summed E-state index contributed by atoms with van der Waals surface area (Å²) in [4.78, 5) is 29.3. The van der Waals surface area contributed by atoms with Gasteiger partial charge >= 0.3 is 5.97 Å². The third kappa shape index (κ3) is 3.39. The monoisotopic (exact) mass is 422 g/mol. The summed E-state index contributed by atoms with van der Waals surface area (Å²) in [5.74, 6) is -5.74. The maximum atomic E-state index is 14.0. The number of anilines is 1. The number of carboxylic acids is 1. The molecule has 1 aliphatic heterocycles. The summed E-state index contributed by atoms with van der Waals surface area (Å²) in [5, 5.41) is 9.29. The maximum absolute atomic E-state index is 14.0. The first kappa shape index (κ1) is 19.2. The normalized spacial score (nSPS) is 16.1. The third-order valence-corrected chi connectivity index (χ3v) is 5.48. The minimum Gasteiger partial charge on any atom is -0.481 e. The van der Waals surface area contributed by atoms with E-state index < -0.39 is 41.9 Å². The van der Waals surface area contributed by atoms with E-state index >= 15 is 0 Å². The highest BCUT2D eigenvalue weighted by Gasteiger charge is 2.36. The molecule has 10 heteroatoms. The predicted molar refractivity (Wildman–Crippen MR) is 98.5 cm³/mol. The molecule has 6 nitrogen and oxygen atoms in total. The van der Waals surface area contributed by atoms with E-state index in [4.69, 9.17) is 9.84 Å². The molecular weight excluding hydrogens is 409 g/mol. The van der Waals surface area contributed by atoms with E-state index in [0.717, 1.165) is 23.0 Å². The van der Waals surface area contributed by atoms with E-state index in [2.05, 4.69) is 4.98 Å². The quantitative estimate of drug-likeness (QED) is 0.647. The molecule has 0 saturated heterocycles. The molecule has 3 aromatic rings. The fourth-order valence-corrected chi connectivity index (χ4v) is 4.07. The Balaban J connectivity index is 1.75. The number of fused-ring (bicyclic) bond motifs is 2. The number of aromatic nitrogens is 1. The lowest BCUT2D eigenvalue weighted by Crippen LogP contribution is -2.46. The summed E-state index contributed by atoms with van der Waals surface area (Å²) >= 11 is 0.793. The second-order valence-corrected chi connectivity index (χ2v) is 7.63. The van der Waals surface area contributed by atoms with Crippen molar-refractivity contribution < 1.29 is 32.6 Å². The SMILES string of the molecule is Cc1ccc2c(c1)N(Cc1nc3cc(F)c(F)c(F)c3s1)C(=O)C(CC(=O)O)O2. The number of hydrogen-bond donors (Lipinski definition) is 1. The lowest BCUT2D eigenvalue weighted by atomic mass is 10.1. The van der Waals surface area contributed by atoms with Crippen LogP contribution in [0.5, 0.6) is 5.75 Å². The van der Waals surface area contributed by atoms with Crippen molar-refractivity contribution in [2.75, 3.05) is 4.90 Å². The molecule has 0 radical (unpaired) electrons. The van der Waals surface area contributed by atoms with E-state index in [9.17, 15) is 22.8 Å². The molecule has 1 aliphatic rings. The average molecular weight is 422 g/mol. The van der Waals surface area contributed by atoms with Gasteiger partial charge in [0.25, 0.3) is 5.91 Å². The lowest BCUT2D eigenvalue weighted by Gasteiger charge is -2.33. The van der Waals surface area contributed by atoms with E-state index in [0.29, 0.717) is 11.4 Å². The number of carbonyl (C=O) groups excluding carboxylic acids is 1. The predicted octanol–water partition coefficient (Wildman–Crippen LogP) is 3.79. The summed E-state index contributed by atoms with van der Waals surface area (Å²) in [6, 6.07) is 5.86. The number of rotatable bonds is 4. The van der Waals surface area contributed by atoms with Crippen molar-refractivity contribution in [2.45, 2.75) is 26.0 Å². The number of amides is 1. The van der Waals surface area contributed by atoms with E-state index in [1.165, 1.54) is 4.90 Å². The number of ether oxygens (including phenoxy) is 1. The van der Waals surface area contributed by atoms with Gasteiger partial charge in [-0.05, 0) is 24.6 Å². The molecule has 0 bridgehead atoms. The van der Waals surface area contributed by atoms with Crippen LogP contribution in [-0.2, 0) is 16.1 Å². The second kappa shape index (κ2) is 7.03. The number of carbonyl (C=O) groups is 2. The molecule has 2 heterocycles. The van der Waals surface area contributed by atoms with E-state index in [1.807, 2.05) is 6.92 Å². The van der Waals surface area contributed by atoms with Crippen LogP contribution in [0.4, 0.5) is 18.9 Å². The van der Waals surface area contributed by atoms with Gasteiger partial charge in [0, 0.05) is 6.07 Å². The Hall–Kier alpha value is -3.14. The Bertz CT molecular complexity index is 1160. The summed E-state index contributed by atoms with van der Waals surface area (Å²) in [7, 11) is 0. The molecule has 1 unspecified atom stereocenters. The van der Waals surface area contributed by atoms with Gasteiger partial charge in [-0.2, -0.15) is 0 Å². The average Bonchev–Trinajstić information content (AvgIpc) is 3.06. The number of hydrogen-bond acceptors (Lipinski definition) is 5.